The summed E-state index contributed by atoms with van der Waals surface area (Å²) in [5, 5.41) is 8.57. The number of benzene rings is 2. The van der Waals surface area contributed by atoms with E-state index in [1.165, 1.54) is 11.0 Å². The molecule has 2 aliphatic heterocycles. The van der Waals surface area contributed by atoms with Crippen molar-refractivity contribution in [3.05, 3.63) is 66.5 Å². The van der Waals surface area contributed by atoms with Gasteiger partial charge in [0.1, 0.15) is 5.75 Å². The lowest BCUT2D eigenvalue weighted by atomic mass is 10.1. The van der Waals surface area contributed by atoms with E-state index >= 15 is 0 Å². The molecule has 0 spiro atoms. The van der Waals surface area contributed by atoms with E-state index in [2.05, 4.69) is 10.2 Å². The van der Waals surface area contributed by atoms with Gasteiger partial charge in [0.2, 0.25) is 0 Å². The van der Waals surface area contributed by atoms with Gasteiger partial charge in [0.15, 0.2) is 11.8 Å². The van der Waals surface area contributed by atoms with Gasteiger partial charge >= 0.3 is 0 Å². The molecule has 9 nitrogen and oxygen atoms in total. The topological polar surface area (TPSA) is 89.8 Å². The third-order valence-corrected chi connectivity index (χ3v) is 5.32. The third kappa shape index (κ3) is 3.75. The van der Waals surface area contributed by atoms with E-state index in [4.69, 9.17) is 9.47 Å². The molecule has 2 aromatic carbocycles. The Hall–Kier alpha value is -3.72. The molecule has 0 aliphatic carbocycles. The molecular weight excluding hydrogens is 398 g/mol. The highest BCUT2D eigenvalue weighted by atomic mass is 16.5. The Morgan fingerprint density at radius 1 is 0.968 bits per heavy atom. The molecule has 1 atom stereocenters. The fourth-order valence-corrected chi connectivity index (χ4v) is 3.73. The largest absolute Gasteiger partial charge is 0.476 e. The summed E-state index contributed by atoms with van der Waals surface area (Å²) in [5.41, 5.74) is 1.55. The van der Waals surface area contributed by atoms with Crippen LogP contribution in [-0.4, -0.2) is 70.7 Å². The average molecular weight is 419 g/mol. The second-order valence-corrected chi connectivity index (χ2v) is 7.28. The lowest BCUT2D eigenvalue weighted by molar-refractivity contribution is -0.142. The molecule has 0 radical (unpaired) electrons. The molecular formula is C22H21N5O4. The number of fused-ring (bicyclic) bond motifs is 1. The first-order valence-electron chi connectivity index (χ1n) is 10.1. The molecule has 0 bridgehead atoms. The van der Waals surface area contributed by atoms with E-state index in [0.717, 1.165) is 5.69 Å². The predicted molar refractivity (Wildman–Crippen MR) is 111 cm³/mol. The summed E-state index contributed by atoms with van der Waals surface area (Å²) in [4.78, 5) is 31.1. The van der Waals surface area contributed by atoms with Crippen molar-refractivity contribution in [1.82, 2.24) is 19.9 Å². The normalized spacial score (nSPS) is 18.3. The van der Waals surface area contributed by atoms with Crippen molar-refractivity contribution in [2.75, 3.05) is 37.7 Å². The van der Waals surface area contributed by atoms with Gasteiger partial charge in [-0.05, 0) is 24.3 Å². The monoisotopic (exact) mass is 419 g/mol. The molecule has 9 heteroatoms. The van der Waals surface area contributed by atoms with Crippen LogP contribution in [0, 0.1) is 0 Å². The van der Waals surface area contributed by atoms with E-state index in [9.17, 15) is 9.59 Å². The van der Waals surface area contributed by atoms with Gasteiger partial charge < -0.3 is 14.4 Å². The predicted octanol–water partition coefficient (Wildman–Crippen LogP) is 1.53. The van der Waals surface area contributed by atoms with Crippen LogP contribution >= 0.6 is 0 Å². The van der Waals surface area contributed by atoms with Crippen molar-refractivity contribution < 1.29 is 19.1 Å². The van der Waals surface area contributed by atoms with Crippen LogP contribution in [0.4, 0.5) is 5.69 Å². The maximum Gasteiger partial charge on any atom is 0.280 e. The smallest absolute Gasteiger partial charge is 0.280 e. The first-order valence-corrected chi connectivity index (χ1v) is 10.1. The number of nitrogens with zero attached hydrogens (tertiary/aromatic N) is 5. The van der Waals surface area contributed by atoms with Crippen LogP contribution < -0.4 is 9.64 Å². The molecule has 31 heavy (non-hydrogen) atoms. The van der Waals surface area contributed by atoms with Crippen molar-refractivity contribution in [3.63, 3.8) is 0 Å². The molecule has 158 valence electrons. The zero-order chi connectivity index (χ0) is 21.2. The highest BCUT2D eigenvalue weighted by molar-refractivity contribution is 6.06. The molecule has 3 heterocycles. The number of amides is 2. The fraction of sp³-hybridized carbons (Fsp3) is 0.273. The second kappa shape index (κ2) is 8.19. The van der Waals surface area contributed by atoms with Gasteiger partial charge in [-0.3, -0.25) is 14.5 Å². The molecule has 5 rings (SSSR count). The minimum absolute atomic E-state index is 0.101. The molecule has 2 aliphatic rings. The number of hydrogen-bond acceptors (Lipinski definition) is 6. The number of para-hydroxylation sites is 3. The Labute approximate surface area is 178 Å². The zero-order valence-electron chi connectivity index (χ0n) is 16.8. The van der Waals surface area contributed by atoms with Crippen LogP contribution in [0.1, 0.15) is 10.5 Å². The van der Waals surface area contributed by atoms with Crippen molar-refractivity contribution in [1.29, 1.82) is 0 Å². The van der Waals surface area contributed by atoms with Crippen molar-refractivity contribution >= 4 is 17.5 Å². The number of carbonyl (C=O) groups is 2. The van der Waals surface area contributed by atoms with E-state index in [-0.39, 0.29) is 24.1 Å². The summed E-state index contributed by atoms with van der Waals surface area (Å²) in [6, 6.07) is 16.6. The van der Waals surface area contributed by atoms with Crippen LogP contribution in [0.5, 0.6) is 5.75 Å². The Bertz CT molecular complexity index is 1090. The Balaban J connectivity index is 1.42. The molecule has 0 unspecified atom stereocenters. The SMILES string of the molecule is O=C([C@H]1CN(C(=O)c2cnn(-c3ccccc3)n2)c2ccccc2O1)N1CCOCC1. The molecule has 0 N–H and O–H groups in total. The molecule has 2 amide bonds. The number of aromatic nitrogens is 3. The van der Waals surface area contributed by atoms with Crippen LogP contribution in [0.15, 0.2) is 60.8 Å². The number of rotatable bonds is 3. The van der Waals surface area contributed by atoms with Crippen LogP contribution in [0.25, 0.3) is 5.69 Å². The number of carbonyl (C=O) groups excluding carboxylic acids is 2. The lowest BCUT2D eigenvalue weighted by Crippen LogP contribution is -2.54. The van der Waals surface area contributed by atoms with Gasteiger partial charge in [-0.25, -0.2) is 0 Å². The summed E-state index contributed by atoms with van der Waals surface area (Å²) in [5.74, 6) is 0.00501. The van der Waals surface area contributed by atoms with Crippen molar-refractivity contribution in [2.45, 2.75) is 6.10 Å². The minimum Gasteiger partial charge on any atom is -0.476 e. The summed E-state index contributed by atoms with van der Waals surface area (Å²) < 4.78 is 11.3. The number of anilines is 1. The zero-order valence-corrected chi connectivity index (χ0v) is 16.8. The first-order chi connectivity index (χ1) is 15.2. The van der Waals surface area contributed by atoms with Crippen molar-refractivity contribution in [3.8, 4) is 11.4 Å². The lowest BCUT2D eigenvalue weighted by Gasteiger charge is -2.37. The van der Waals surface area contributed by atoms with Crippen molar-refractivity contribution in [2.24, 2.45) is 0 Å². The van der Waals surface area contributed by atoms with E-state index in [0.29, 0.717) is 37.7 Å². The number of morpholine rings is 1. The molecule has 1 saturated heterocycles. The van der Waals surface area contributed by atoms with Gasteiger partial charge in [-0.15, -0.1) is 5.10 Å². The molecule has 1 aromatic heterocycles. The Morgan fingerprint density at radius 3 is 2.52 bits per heavy atom. The Kier molecular flexibility index (Phi) is 5.09. The van der Waals surface area contributed by atoms with Gasteiger partial charge in [0.25, 0.3) is 11.8 Å². The van der Waals surface area contributed by atoms with E-state index in [1.807, 2.05) is 42.5 Å². The summed E-state index contributed by atoms with van der Waals surface area (Å²) in [6.07, 6.45) is 0.646. The van der Waals surface area contributed by atoms with Gasteiger partial charge in [-0.2, -0.15) is 9.90 Å². The highest BCUT2D eigenvalue weighted by Crippen LogP contribution is 2.34. The van der Waals surface area contributed by atoms with Crippen LogP contribution in [-0.2, 0) is 9.53 Å². The summed E-state index contributed by atoms with van der Waals surface area (Å²) in [7, 11) is 0. The first kappa shape index (κ1) is 19.3. The van der Waals surface area contributed by atoms with Gasteiger partial charge in [0, 0.05) is 13.1 Å². The summed E-state index contributed by atoms with van der Waals surface area (Å²) >= 11 is 0. The second-order valence-electron chi connectivity index (χ2n) is 7.28. The van der Waals surface area contributed by atoms with E-state index in [1.54, 1.807) is 21.9 Å². The average Bonchev–Trinajstić information content (AvgIpc) is 3.34. The minimum atomic E-state index is -0.791. The molecule has 0 saturated carbocycles. The van der Waals surface area contributed by atoms with Gasteiger partial charge in [0.05, 0.1) is 37.3 Å². The van der Waals surface area contributed by atoms with Crippen LogP contribution in [0.2, 0.25) is 0 Å². The third-order valence-electron chi connectivity index (χ3n) is 5.32. The highest BCUT2D eigenvalue weighted by Gasteiger charge is 2.37. The maximum absolute atomic E-state index is 13.4. The molecule has 1 fully saturated rings. The number of ether oxygens (including phenoxy) is 2. The fourth-order valence-electron chi connectivity index (χ4n) is 3.73. The van der Waals surface area contributed by atoms with E-state index < -0.39 is 6.10 Å². The molecule has 3 aromatic rings. The van der Waals surface area contributed by atoms with Gasteiger partial charge in [-0.1, -0.05) is 30.3 Å². The number of hydrogen-bond donors (Lipinski definition) is 0. The van der Waals surface area contributed by atoms with Crippen LogP contribution in [0.3, 0.4) is 0 Å². The Morgan fingerprint density at radius 2 is 1.71 bits per heavy atom. The quantitative estimate of drug-likeness (QED) is 0.640. The summed E-state index contributed by atoms with van der Waals surface area (Å²) in [6.45, 7) is 2.13. The maximum atomic E-state index is 13.4. The standard InChI is InChI=1S/C22H21N5O4/c28-21(17-14-23-27(24-17)16-6-2-1-3-7-16)26-15-20(22(29)25-10-12-30-13-11-25)31-19-9-5-4-8-18(19)26/h1-9,14,20H,10-13,15H2/t20-/m1/s1.